The van der Waals surface area contributed by atoms with Crippen LogP contribution in [0.5, 0.6) is 0 Å². The summed E-state index contributed by atoms with van der Waals surface area (Å²) in [6.45, 7) is 0. The van der Waals surface area contributed by atoms with Crippen molar-refractivity contribution in [3.05, 3.63) is 53.9 Å². The molecule has 18 heavy (non-hydrogen) atoms. The van der Waals surface area contributed by atoms with E-state index in [9.17, 15) is 18.0 Å². The lowest BCUT2D eigenvalue weighted by Gasteiger charge is -2.09. The number of rotatable bonds is 2. The Morgan fingerprint density at radius 1 is 1.11 bits per heavy atom. The molecule has 0 aliphatic heterocycles. The summed E-state index contributed by atoms with van der Waals surface area (Å²) >= 11 is 0. The van der Waals surface area contributed by atoms with E-state index in [4.69, 9.17) is 0 Å². The molecule has 92 valence electrons. The molecule has 1 heterocycles. The Kier molecular flexibility index (Phi) is 3.14. The molecule has 0 aliphatic rings. The van der Waals surface area contributed by atoms with Gasteiger partial charge in [0.15, 0.2) is 6.29 Å². The number of hydrogen-bond donors (Lipinski definition) is 0. The van der Waals surface area contributed by atoms with Gasteiger partial charge >= 0.3 is 6.18 Å². The van der Waals surface area contributed by atoms with Crippen LogP contribution in [-0.4, -0.2) is 11.3 Å². The maximum Gasteiger partial charge on any atom is 0.433 e. The van der Waals surface area contributed by atoms with E-state index < -0.39 is 11.9 Å². The summed E-state index contributed by atoms with van der Waals surface area (Å²) in [6, 6.07) is 9.43. The Morgan fingerprint density at radius 3 is 2.33 bits per heavy atom. The largest absolute Gasteiger partial charge is 0.433 e. The van der Waals surface area contributed by atoms with E-state index >= 15 is 0 Å². The number of aromatic nitrogens is 1. The van der Waals surface area contributed by atoms with E-state index in [-0.39, 0.29) is 5.56 Å². The second kappa shape index (κ2) is 4.60. The fraction of sp³-hybridized carbons (Fsp3) is 0.0769. The Labute approximate surface area is 101 Å². The molecule has 1 aromatic heterocycles. The van der Waals surface area contributed by atoms with Gasteiger partial charge in [-0.3, -0.25) is 9.78 Å². The molecule has 0 bridgehead atoms. The summed E-state index contributed by atoms with van der Waals surface area (Å²) < 4.78 is 37.4. The zero-order valence-corrected chi connectivity index (χ0v) is 9.11. The normalized spacial score (nSPS) is 11.3. The first kappa shape index (κ1) is 12.3. The molecule has 2 aromatic rings. The topological polar surface area (TPSA) is 30.0 Å². The van der Waals surface area contributed by atoms with E-state index in [1.165, 1.54) is 0 Å². The number of nitrogens with zero attached hydrogens (tertiary/aromatic N) is 1. The average molecular weight is 251 g/mol. The van der Waals surface area contributed by atoms with Crippen LogP contribution in [0.3, 0.4) is 0 Å². The minimum Gasteiger partial charge on any atom is -0.298 e. The Balaban J connectivity index is 2.54. The van der Waals surface area contributed by atoms with Gasteiger partial charge in [-0.1, -0.05) is 30.3 Å². The fourth-order valence-corrected chi connectivity index (χ4v) is 1.58. The van der Waals surface area contributed by atoms with Crippen molar-refractivity contribution in [1.29, 1.82) is 0 Å². The molecule has 0 N–H and O–H groups in total. The third-order valence-electron chi connectivity index (χ3n) is 2.44. The first-order chi connectivity index (χ1) is 8.52. The number of benzene rings is 1. The second-order valence-electron chi connectivity index (χ2n) is 3.64. The SMILES string of the molecule is O=Cc1cc(C(F)(F)F)ncc1-c1ccccc1. The van der Waals surface area contributed by atoms with E-state index in [2.05, 4.69) is 4.98 Å². The fourth-order valence-electron chi connectivity index (χ4n) is 1.58. The van der Waals surface area contributed by atoms with Crippen LogP contribution >= 0.6 is 0 Å². The molecule has 2 nitrogen and oxygen atoms in total. The summed E-state index contributed by atoms with van der Waals surface area (Å²) in [7, 11) is 0. The molecule has 0 atom stereocenters. The van der Waals surface area contributed by atoms with Crippen LogP contribution in [-0.2, 0) is 6.18 Å². The molecule has 2 rings (SSSR count). The summed E-state index contributed by atoms with van der Waals surface area (Å²) in [4.78, 5) is 14.2. The van der Waals surface area contributed by atoms with Crippen molar-refractivity contribution in [3.63, 3.8) is 0 Å². The predicted octanol–water partition coefficient (Wildman–Crippen LogP) is 3.58. The van der Waals surface area contributed by atoms with Crippen molar-refractivity contribution < 1.29 is 18.0 Å². The van der Waals surface area contributed by atoms with E-state index in [1.54, 1.807) is 30.3 Å². The molecule has 0 fully saturated rings. The van der Waals surface area contributed by atoms with Crippen LogP contribution in [0, 0.1) is 0 Å². The van der Waals surface area contributed by atoms with Gasteiger partial charge < -0.3 is 0 Å². The minimum absolute atomic E-state index is 0.0245. The van der Waals surface area contributed by atoms with Crippen LogP contribution in [0.15, 0.2) is 42.6 Å². The van der Waals surface area contributed by atoms with E-state index in [0.29, 0.717) is 17.4 Å². The quantitative estimate of drug-likeness (QED) is 0.763. The van der Waals surface area contributed by atoms with Crippen LogP contribution in [0.1, 0.15) is 16.1 Å². The Bertz CT molecular complexity index is 564. The number of carbonyl (C=O) groups is 1. The standard InChI is InChI=1S/C13H8F3NO/c14-13(15,16)12-6-10(8-18)11(7-17-12)9-4-2-1-3-5-9/h1-8H. The maximum absolute atomic E-state index is 12.5. The van der Waals surface area contributed by atoms with Crippen molar-refractivity contribution in [2.24, 2.45) is 0 Å². The lowest BCUT2D eigenvalue weighted by molar-refractivity contribution is -0.141. The third-order valence-corrected chi connectivity index (χ3v) is 2.44. The van der Waals surface area contributed by atoms with Gasteiger partial charge in [0.1, 0.15) is 5.69 Å². The molecular weight excluding hydrogens is 243 g/mol. The molecule has 0 radical (unpaired) electrons. The van der Waals surface area contributed by atoms with Gasteiger partial charge in [0.2, 0.25) is 0 Å². The van der Waals surface area contributed by atoms with Gasteiger partial charge in [-0.25, -0.2) is 0 Å². The molecule has 0 unspecified atom stereocenters. The summed E-state index contributed by atoms with van der Waals surface area (Å²) in [6.07, 6.45) is -3.08. The van der Waals surface area contributed by atoms with Gasteiger partial charge in [-0.15, -0.1) is 0 Å². The van der Waals surface area contributed by atoms with Crippen molar-refractivity contribution >= 4 is 6.29 Å². The summed E-state index contributed by atoms with van der Waals surface area (Å²) in [5, 5.41) is 0. The third kappa shape index (κ3) is 2.40. The average Bonchev–Trinajstić information content (AvgIpc) is 2.38. The smallest absolute Gasteiger partial charge is 0.298 e. The molecular formula is C13H8F3NO. The van der Waals surface area contributed by atoms with Gasteiger partial charge in [-0.05, 0) is 11.6 Å². The number of hydrogen-bond acceptors (Lipinski definition) is 2. The first-order valence-electron chi connectivity index (χ1n) is 5.10. The zero-order chi connectivity index (χ0) is 13.2. The monoisotopic (exact) mass is 251 g/mol. The molecule has 0 spiro atoms. The summed E-state index contributed by atoms with van der Waals surface area (Å²) in [5.41, 5.74) is -0.0489. The Morgan fingerprint density at radius 2 is 1.78 bits per heavy atom. The highest BCUT2D eigenvalue weighted by atomic mass is 19.4. The van der Waals surface area contributed by atoms with Gasteiger partial charge in [0.05, 0.1) is 0 Å². The van der Waals surface area contributed by atoms with Crippen molar-refractivity contribution in [2.45, 2.75) is 6.18 Å². The number of pyridine rings is 1. The number of halogens is 3. The molecule has 5 heteroatoms. The number of aldehydes is 1. The summed E-state index contributed by atoms with van der Waals surface area (Å²) in [5.74, 6) is 0. The van der Waals surface area contributed by atoms with Crippen molar-refractivity contribution in [3.8, 4) is 11.1 Å². The van der Waals surface area contributed by atoms with Crippen LogP contribution in [0.2, 0.25) is 0 Å². The van der Waals surface area contributed by atoms with Crippen molar-refractivity contribution in [2.75, 3.05) is 0 Å². The van der Waals surface area contributed by atoms with Crippen molar-refractivity contribution in [1.82, 2.24) is 4.98 Å². The Hall–Kier alpha value is -2.17. The number of carbonyl (C=O) groups excluding carboxylic acids is 1. The van der Waals surface area contributed by atoms with E-state index in [0.717, 1.165) is 12.3 Å². The lowest BCUT2D eigenvalue weighted by atomic mass is 10.0. The molecule has 0 saturated carbocycles. The van der Waals surface area contributed by atoms with Crippen LogP contribution < -0.4 is 0 Å². The first-order valence-corrected chi connectivity index (χ1v) is 5.10. The highest BCUT2D eigenvalue weighted by molar-refractivity contribution is 5.87. The molecule has 0 amide bonds. The van der Waals surface area contributed by atoms with Gasteiger partial charge in [0.25, 0.3) is 0 Å². The molecule has 0 aliphatic carbocycles. The minimum atomic E-state index is -4.55. The number of alkyl halides is 3. The van der Waals surface area contributed by atoms with Crippen LogP contribution in [0.4, 0.5) is 13.2 Å². The maximum atomic E-state index is 12.5. The zero-order valence-electron chi connectivity index (χ0n) is 9.11. The lowest BCUT2D eigenvalue weighted by Crippen LogP contribution is -2.09. The van der Waals surface area contributed by atoms with Gasteiger partial charge in [-0.2, -0.15) is 13.2 Å². The predicted molar refractivity (Wildman–Crippen MR) is 60.1 cm³/mol. The van der Waals surface area contributed by atoms with Gasteiger partial charge in [0, 0.05) is 17.3 Å². The molecule has 1 aromatic carbocycles. The highest BCUT2D eigenvalue weighted by Crippen LogP contribution is 2.30. The molecule has 0 saturated heterocycles. The second-order valence-corrected chi connectivity index (χ2v) is 3.64. The van der Waals surface area contributed by atoms with E-state index in [1.807, 2.05) is 0 Å². The highest BCUT2D eigenvalue weighted by Gasteiger charge is 2.33. The van der Waals surface area contributed by atoms with Crippen LogP contribution in [0.25, 0.3) is 11.1 Å².